The Morgan fingerprint density at radius 3 is 2.70 bits per heavy atom. The lowest BCUT2D eigenvalue weighted by Crippen LogP contribution is -2.18. The first-order valence-electron chi connectivity index (χ1n) is 7.65. The van der Waals surface area contributed by atoms with Crippen LogP contribution in [0.25, 0.3) is 0 Å². The lowest BCUT2D eigenvalue weighted by Gasteiger charge is -2.13. The molecule has 2 rings (SSSR count). The second kappa shape index (κ2) is 7.58. The van der Waals surface area contributed by atoms with Crippen LogP contribution in [-0.4, -0.2) is 28.5 Å². The van der Waals surface area contributed by atoms with E-state index in [0.29, 0.717) is 35.4 Å². The first-order valence-corrected chi connectivity index (χ1v) is 7.65. The van der Waals surface area contributed by atoms with Crippen LogP contribution in [0.3, 0.4) is 0 Å². The summed E-state index contributed by atoms with van der Waals surface area (Å²) in [4.78, 5) is 21.0. The van der Waals surface area contributed by atoms with Gasteiger partial charge in [-0.2, -0.15) is 0 Å². The van der Waals surface area contributed by atoms with E-state index in [0.717, 1.165) is 0 Å². The number of aryl methyl sites for hydroxylation is 1. The van der Waals surface area contributed by atoms with Gasteiger partial charge in [0.25, 0.3) is 5.91 Å². The fourth-order valence-electron chi connectivity index (χ4n) is 2.09. The van der Waals surface area contributed by atoms with Crippen molar-refractivity contribution in [3.05, 3.63) is 41.9 Å². The van der Waals surface area contributed by atoms with Gasteiger partial charge in [-0.1, -0.05) is 12.1 Å². The molecule has 0 saturated carbocycles. The van der Waals surface area contributed by atoms with E-state index in [2.05, 4.69) is 20.6 Å². The van der Waals surface area contributed by atoms with Crippen molar-refractivity contribution in [1.82, 2.24) is 9.97 Å². The van der Waals surface area contributed by atoms with E-state index in [9.17, 15) is 4.79 Å². The van der Waals surface area contributed by atoms with E-state index >= 15 is 0 Å². The number of hydrogen-bond donors (Lipinski definition) is 2. The maximum absolute atomic E-state index is 12.5. The largest absolute Gasteiger partial charge is 0.492 e. The Labute approximate surface area is 136 Å². The van der Waals surface area contributed by atoms with Crippen LogP contribution in [0.15, 0.2) is 30.3 Å². The molecule has 1 amide bonds. The lowest BCUT2D eigenvalue weighted by molar-refractivity contribution is 0.102. The van der Waals surface area contributed by atoms with Crippen molar-refractivity contribution in [3.63, 3.8) is 0 Å². The van der Waals surface area contributed by atoms with Crippen LogP contribution in [0.4, 0.5) is 11.5 Å². The summed E-state index contributed by atoms with van der Waals surface area (Å²) in [6.45, 7) is 8.21. The van der Waals surface area contributed by atoms with E-state index in [1.165, 1.54) is 0 Å². The average molecular weight is 314 g/mol. The Morgan fingerprint density at radius 2 is 2.00 bits per heavy atom. The van der Waals surface area contributed by atoms with Gasteiger partial charge in [-0.15, -0.1) is 0 Å². The standard InChI is InChI=1S/C17H22N4O2/c1-5-23-15-9-7-6-8-13(15)21-17(22)14-10-16(18-11(2)3)20-12(4)19-14/h6-11H,5H2,1-4H3,(H,21,22)(H,18,19,20). The van der Waals surface area contributed by atoms with Gasteiger partial charge in [-0.05, 0) is 39.8 Å². The number of ether oxygens (including phenoxy) is 1. The molecule has 0 saturated heterocycles. The number of carbonyl (C=O) groups is 1. The zero-order chi connectivity index (χ0) is 16.8. The number of amides is 1. The predicted molar refractivity (Wildman–Crippen MR) is 91.1 cm³/mol. The monoisotopic (exact) mass is 314 g/mol. The van der Waals surface area contributed by atoms with Crippen molar-refractivity contribution in [2.45, 2.75) is 33.7 Å². The number of para-hydroxylation sites is 2. The number of nitrogens with zero attached hydrogens (tertiary/aromatic N) is 2. The van der Waals surface area contributed by atoms with Crippen molar-refractivity contribution in [3.8, 4) is 5.75 Å². The molecule has 122 valence electrons. The molecule has 0 aliphatic heterocycles. The first-order chi connectivity index (χ1) is 11.0. The molecular weight excluding hydrogens is 292 g/mol. The number of aromatic nitrogens is 2. The van der Waals surface area contributed by atoms with Crippen LogP contribution in [0.1, 0.15) is 37.1 Å². The molecule has 1 heterocycles. The Kier molecular flexibility index (Phi) is 5.51. The third kappa shape index (κ3) is 4.67. The van der Waals surface area contributed by atoms with Gasteiger partial charge in [0.2, 0.25) is 0 Å². The molecule has 0 aliphatic rings. The Morgan fingerprint density at radius 1 is 1.26 bits per heavy atom. The molecule has 0 aliphatic carbocycles. The summed E-state index contributed by atoms with van der Waals surface area (Å²) in [7, 11) is 0. The molecule has 6 nitrogen and oxygen atoms in total. The molecule has 6 heteroatoms. The second-order valence-electron chi connectivity index (χ2n) is 5.37. The minimum Gasteiger partial charge on any atom is -0.492 e. The summed E-state index contributed by atoms with van der Waals surface area (Å²) >= 11 is 0. The van der Waals surface area contributed by atoms with Gasteiger partial charge in [0.05, 0.1) is 12.3 Å². The highest BCUT2D eigenvalue weighted by Crippen LogP contribution is 2.24. The van der Waals surface area contributed by atoms with Gasteiger partial charge in [-0.25, -0.2) is 9.97 Å². The highest BCUT2D eigenvalue weighted by Gasteiger charge is 2.13. The van der Waals surface area contributed by atoms with Gasteiger partial charge >= 0.3 is 0 Å². The fourth-order valence-corrected chi connectivity index (χ4v) is 2.09. The topological polar surface area (TPSA) is 76.1 Å². The quantitative estimate of drug-likeness (QED) is 0.856. The van der Waals surface area contributed by atoms with Gasteiger partial charge in [0, 0.05) is 12.1 Å². The molecule has 2 N–H and O–H groups in total. The van der Waals surface area contributed by atoms with E-state index in [1.807, 2.05) is 39.0 Å². The molecule has 2 aromatic rings. The van der Waals surface area contributed by atoms with E-state index < -0.39 is 0 Å². The van der Waals surface area contributed by atoms with Gasteiger partial charge < -0.3 is 15.4 Å². The van der Waals surface area contributed by atoms with E-state index in [1.54, 1.807) is 19.1 Å². The average Bonchev–Trinajstić information content (AvgIpc) is 2.48. The van der Waals surface area contributed by atoms with Crippen molar-refractivity contribution >= 4 is 17.4 Å². The van der Waals surface area contributed by atoms with Crippen LogP contribution in [0, 0.1) is 6.92 Å². The lowest BCUT2D eigenvalue weighted by atomic mass is 10.2. The summed E-state index contributed by atoms with van der Waals surface area (Å²) < 4.78 is 5.51. The summed E-state index contributed by atoms with van der Waals surface area (Å²) in [5.41, 5.74) is 0.931. The summed E-state index contributed by atoms with van der Waals surface area (Å²) in [5, 5.41) is 6.02. The Hall–Kier alpha value is -2.63. The van der Waals surface area contributed by atoms with Crippen LogP contribution in [-0.2, 0) is 0 Å². The van der Waals surface area contributed by atoms with Crippen molar-refractivity contribution < 1.29 is 9.53 Å². The summed E-state index contributed by atoms with van der Waals surface area (Å²) in [6, 6.07) is 9.18. The Bertz CT molecular complexity index is 686. The fraction of sp³-hybridized carbons (Fsp3) is 0.353. The van der Waals surface area contributed by atoms with Crippen molar-refractivity contribution in [2.75, 3.05) is 17.2 Å². The highest BCUT2D eigenvalue weighted by atomic mass is 16.5. The molecule has 0 bridgehead atoms. The van der Waals surface area contributed by atoms with E-state index in [4.69, 9.17) is 4.74 Å². The molecule has 23 heavy (non-hydrogen) atoms. The van der Waals surface area contributed by atoms with Gasteiger partial charge in [0.15, 0.2) is 0 Å². The number of anilines is 2. The summed E-state index contributed by atoms with van der Waals surface area (Å²) in [6.07, 6.45) is 0. The van der Waals surface area contributed by atoms with Crippen molar-refractivity contribution in [2.24, 2.45) is 0 Å². The maximum Gasteiger partial charge on any atom is 0.274 e. The SMILES string of the molecule is CCOc1ccccc1NC(=O)c1cc(NC(C)C)nc(C)n1. The number of nitrogens with one attached hydrogen (secondary N) is 2. The minimum absolute atomic E-state index is 0.221. The van der Waals surface area contributed by atoms with E-state index in [-0.39, 0.29) is 11.9 Å². The highest BCUT2D eigenvalue weighted by molar-refractivity contribution is 6.04. The molecule has 0 unspecified atom stereocenters. The van der Waals surface area contributed by atoms with Crippen LogP contribution in [0.2, 0.25) is 0 Å². The molecule has 1 aromatic carbocycles. The number of benzene rings is 1. The molecule has 0 atom stereocenters. The van der Waals surface area contributed by atoms with Gasteiger partial charge in [0.1, 0.15) is 23.1 Å². The normalized spacial score (nSPS) is 10.5. The molecule has 0 radical (unpaired) electrons. The molecule has 1 aromatic heterocycles. The van der Waals surface area contributed by atoms with Crippen LogP contribution >= 0.6 is 0 Å². The zero-order valence-electron chi connectivity index (χ0n) is 13.9. The van der Waals surface area contributed by atoms with Gasteiger partial charge in [-0.3, -0.25) is 4.79 Å². The number of hydrogen-bond acceptors (Lipinski definition) is 5. The smallest absolute Gasteiger partial charge is 0.274 e. The number of rotatable bonds is 6. The molecule has 0 fully saturated rings. The first kappa shape index (κ1) is 16.7. The van der Waals surface area contributed by atoms with Crippen LogP contribution < -0.4 is 15.4 Å². The third-order valence-corrected chi connectivity index (χ3v) is 2.94. The predicted octanol–water partition coefficient (Wildman–Crippen LogP) is 3.26. The Balaban J connectivity index is 2.22. The maximum atomic E-state index is 12.5. The number of carbonyl (C=O) groups excluding carboxylic acids is 1. The van der Waals surface area contributed by atoms with Crippen LogP contribution in [0.5, 0.6) is 5.75 Å². The van der Waals surface area contributed by atoms with Crippen molar-refractivity contribution in [1.29, 1.82) is 0 Å². The molecular formula is C17H22N4O2. The minimum atomic E-state index is -0.297. The second-order valence-corrected chi connectivity index (χ2v) is 5.37. The zero-order valence-corrected chi connectivity index (χ0v) is 13.9. The molecule has 0 spiro atoms. The summed E-state index contributed by atoms with van der Waals surface area (Å²) in [5.74, 6) is 1.51. The third-order valence-electron chi connectivity index (χ3n) is 2.94.